The van der Waals surface area contributed by atoms with Crippen molar-refractivity contribution in [2.75, 3.05) is 18.5 Å². The number of rotatable bonds is 6. The summed E-state index contributed by atoms with van der Waals surface area (Å²) >= 11 is 1.55. The Hall–Kier alpha value is -3.20. The zero-order valence-electron chi connectivity index (χ0n) is 19.1. The molecular weight excluding hydrogens is 438 g/mol. The maximum absolute atomic E-state index is 11.6. The van der Waals surface area contributed by atoms with Gasteiger partial charge in [0.05, 0.1) is 11.5 Å². The molecular formula is C24H29N5O3S. The van der Waals surface area contributed by atoms with Crippen LogP contribution in [0.25, 0.3) is 10.4 Å². The molecule has 3 heterocycles. The van der Waals surface area contributed by atoms with Gasteiger partial charge in [-0.2, -0.15) is 0 Å². The zero-order chi connectivity index (χ0) is 23.4. The fraction of sp³-hybridized carbons (Fsp3) is 0.417. The number of nitrogens with zero attached hydrogens (tertiary/aromatic N) is 4. The van der Waals surface area contributed by atoms with Crippen LogP contribution in [0, 0.1) is 11.3 Å². The van der Waals surface area contributed by atoms with Crippen LogP contribution in [0.3, 0.4) is 0 Å². The molecule has 1 amide bonds. The number of aromatic nitrogens is 3. The van der Waals surface area contributed by atoms with E-state index in [-0.39, 0.29) is 17.4 Å². The van der Waals surface area contributed by atoms with Gasteiger partial charge in [0.1, 0.15) is 12.1 Å². The first-order valence-electron chi connectivity index (χ1n) is 11.0. The molecule has 174 valence electrons. The van der Waals surface area contributed by atoms with Crippen molar-refractivity contribution in [2.45, 2.75) is 39.7 Å². The highest BCUT2D eigenvalue weighted by molar-refractivity contribution is 7.18. The Morgan fingerprint density at radius 2 is 2.03 bits per heavy atom. The summed E-state index contributed by atoms with van der Waals surface area (Å²) in [5.41, 5.74) is 0.993. The monoisotopic (exact) mass is 467 g/mol. The molecule has 9 heteroatoms. The van der Waals surface area contributed by atoms with E-state index < -0.39 is 6.09 Å². The molecule has 0 spiro atoms. The highest BCUT2D eigenvalue weighted by atomic mass is 32.1. The van der Waals surface area contributed by atoms with Crippen molar-refractivity contribution in [3.05, 3.63) is 48.9 Å². The van der Waals surface area contributed by atoms with E-state index in [4.69, 9.17) is 4.74 Å². The van der Waals surface area contributed by atoms with Crippen molar-refractivity contribution in [2.24, 2.45) is 11.3 Å². The molecule has 0 radical (unpaired) electrons. The number of piperidine rings is 1. The van der Waals surface area contributed by atoms with Crippen molar-refractivity contribution in [1.82, 2.24) is 19.9 Å². The predicted molar refractivity (Wildman–Crippen MR) is 129 cm³/mol. The lowest BCUT2D eigenvalue weighted by Gasteiger charge is -2.44. The summed E-state index contributed by atoms with van der Waals surface area (Å²) in [7, 11) is 0. The summed E-state index contributed by atoms with van der Waals surface area (Å²) < 4.78 is 5.98. The molecule has 0 aliphatic carbocycles. The van der Waals surface area contributed by atoms with Crippen LogP contribution in [0.15, 0.2) is 48.9 Å². The van der Waals surface area contributed by atoms with Gasteiger partial charge in [0.2, 0.25) is 5.88 Å². The largest absolute Gasteiger partial charge is 0.477 e. The third-order valence-corrected chi connectivity index (χ3v) is 6.83. The molecule has 2 aromatic heterocycles. The summed E-state index contributed by atoms with van der Waals surface area (Å²) in [6.07, 6.45) is 4.01. The Morgan fingerprint density at radius 3 is 2.76 bits per heavy atom. The lowest BCUT2D eigenvalue weighted by molar-refractivity contribution is 0.0298. The van der Waals surface area contributed by atoms with E-state index in [0.29, 0.717) is 24.8 Å². The second kappa shape index (κ2) is 9.74. The fourth-order valence-electron chi connectivity index (χ4n) is 4.11. The second-order valence-electron chi connectivity index (χ2n) is 9.32. The minimum atomic E-state index is -0.849. The molecule has 1 aromatic carbocycles. The number of amides is 1. The van der Waals surface area contributed by atoms with E-state index in [1.165, 1.54) is 6.33 Å². The predicted octanol–water partition coefficient (Wildman–Crippen LogP) is 5.53. The standard InChI is InChI=1S/C24H29N5O3S/c1-24(2,3)19-11-16(9-10-29(19)23(30)31)14-32-21-12-20(26-15-27-21)28-22-25-13-18(33-22)17-7-5-4-6-8-17/h4-8,12-13,15-16,19H,9-11,14H2,1-3H3,(H,30,31)(H,25,26,27,28). The van der Waals surface area contributed by atoms with Gasteiger partial charge in [-0.25, -0.2) is 19.7 Å². The first-order valence-corrected chi connectivity index (χ1v) is 11.8. The molecule has 8 nitrogen and oxygen atoms in total. The average molecular weight is 468 g/mol. The first-order chi connectivity index (χ1) is 15.8. The Balaban J connectivity index is 1.36. The fourth-order valence-corrected chi connectivity index (χ4v) is 4.94. The van der Waals surface area contributed by atoms with E-state index in [9.17, 15) is 9.90 Å². The SMILES string of the molecule is CC(C)(C)C1CC(COc2cc(Nc3ncc(-c4ccccc4)s3)ncn2)CCN1C(=O)O. The van der Waals surface area contributed by atoms with Gasteiger partial charge in [-0.15, -0.1) is 0 Å². The number of likely N-dealkylation sites (tertiary alicyclic amines) is 1. The van der Waals surface area contributed by atoms with E-state index in [1.807, 2.05) is 24.4 Å². The molecule has 0 bridgehead atoms. The third-order valence-electron chi connectivity index (χ3n) is 5.86. The average Bonchev–Trinajstić information content (AvgIpc) is 3.26. The molecule has 2 N–H and O–H groups in total. The normalized spacial score (nSPS) is 18.7. The number of anilines is 2. The van der Waals surface area contributed by atoms with Gasteiger partial charge in [0, 0.05) is 24.8 Å². The van der Waals surface area contributed by atoms with E-state index in [0.717, 1.165) is 28.4 Å². The molecule has 2 unspecified atom stereocenters. The summed E-state index contributed by atoms with van der Waals surface area (Å²) in [6.45, 7) is 7.27. The third kappa shape index (κ3) is 5.78. The lowest BCUT2D eigenvalue weighted by atomic mass is 9.77. The summed E-state index contributed by atoms with van der Waals surface area (Å²) in [6, 6.07) is 11.8. The van der Waals surface area contributed by atoms with Crippen LogP contribution in [0.4, 0.5) is 15.7 Å². The molecule has 2 atom stereocenters. The van der Waals surface area contributed by atoms with Crippen LogP contribution in [-0.2, 0) is 0 Å². The van der Waals surface area contributed by atoms with Crippen LogP contribution < -0.4 is 10.1 Å². The van der Waals surface area contributed by atoms with Gasteiger partial charge in [-0.05, 0) is 29.7 Å². The first kappa shape index (κ1) is 23.0. The molecule has 4 rings (SSSR count). The molecule has 1 fully saturated rings. The minimum Gasteiger partial charge on any atom is -0.477 e. The Bertz CT molecular complexity index is 1080. The van der Waals surface area contributed by atoms with Crippen molar-refractivity contribution >= 4 is 28.4 Å². The number of hydrogen-bond donors (Lipinski definition) is 2. The Kier molecular flexibility index (Phi) is 6.78. The minimum absolute atomic E-state index is 0.0382. The van der Waals surface area contributed by atoms with Gasteiger partial charge in [0.15, 0.2) is 5.13 Å². The number of thiazole rings is 1. The number of benzene rings is 1. The van der Waals surface area contributed by atoms with Crippen LogP contribution in [0.2, 0.25) is 0 Å². The highest BCUT2D eigenvalue weighted by Gasteiger charge is 2.38. The van der Waals surface area contributed by atoms with Crippen molar-refractivity contribution in [3.63, 3.8) is 0 Å². The maximum Gasteiger partial charge on any atom is 0.407 e. The number of carbonyl (C=O) groups is 1. The molecule has 1 aliphatic heterocycles. The molecule has 3 aromatic rings. The van der Waals surface area contributed by atoms with Crippen molar-refractivity contribution in [3.8, 4) is 16.3 Å². The Labute approximate surface area is 197 Å². The summed E-state index contributed by atoms with van der Waals surface area (Å²) in [5, 5.41) is 13.5. The van der Waals surface area contributed by atoms with E-state index in [2.05, 4.69) is 53.2 Å². The number of ether oxygens (including phenoxy) is 1. The van der Waals surface area contributed by atoms with Gasteiger partial charge in [-0.3, -0.25) is 0 Å². The molecule has 1 aliphatic rings. The second-order valence-corrected chi connectivity index (χ2v) is 10.4. The smallest absolute Gasteiger partial charge is 0.407 e. The van der Waals surface area contributed by atoms with Crippen LogP contribution in [-0.4, -0.2) is 50.2 Å². The summed E-state index contributed by atoms with van der Waals surface area (Å²) in [5.74, 6) is 1.37. The molecule has 0 saturated carbocycles. The van der Waals surface area contributed by atoms with Crippen LogP contribution >= 0.6 is 11.3 Å². The molecule has 33 heavy (non-hydrogen) atoms. The number of hydrogen-bond acceptors (Lipinski definition) is 7. The lowest BCUT2D eigenvalue weighted by Crippen LogP contribution is -2.52. The van der Waals surface area contributed by atoms with Crippen molar-refractivity contribution < 1.29 is 14.6 Å². The zero-order valence-corrected chi connectivity index (χ0v) is 19.9. The number of nitrogens with one attached hydrogen (secondary N) is 1. The van der Waals surface area contributed by atoms with E-state index >= 15 is 0 Å². The maximum atomic E-state index is 11.6. The van der Waals surface area contributed by atoms with Gasteiger partial charge < -0.3 is 20.1 Å². The van der Waals surface area contributed by atoms with Gasteiger partial charge in [-0.1, -0.05) is 62.4 Å². The highest BCUT2D eigenvalue weighted by Crippen LogP contribution is 2.35. The van der Waals surface area contributed by atoms with Gasteiger partial charge in [0.25, 0.3) is 0 Å². The van der Waals surface area contributed by atoms with Crippen LogP contribution in [0.5, 0.6) is 5.88 Å². The summed E-state index contributed by atoms with van der Waals surface area (Å²) in [4.78, 5) is 27.2. The van der Waals surface area contributed by atoms with Crippen molar-refractivity contribution in [1.29, 1.82) is 0 Å². The number of carboxylic acid groups (broad SMARTS) is 1. The molecule has 1 saturated heterocycles. The van der Waals surface area contributed by atoms with Crippen LogP contribution in [0.1, 0.15) is 33.6 Å². The van der Waals surface area contributed by atoms with Gasteiger partial charge >= 0.3 is 6.09 Å². The topological polar surface area (TPSA) is 100 Å². The van der Waals surface area contributed by atoms with E-state index in [1.54, 1.807) is 22.3 Å². The Morgan fingerprint density at radius 1 is 1.24 bits per heavy atom. The quantitative estimate of drug-likeness (QED) is 0.492.